The van der Waals surface area contributed by atoms with E-state index in [4.69, 9.17) is 17.0 Å². The predicted molar refractivity (Wildman–Crippen MR) is 76.7 cm³/mol. The third-order valence-electron chi connectivity index (χ3n) is 3.71. The Balaban J connectivity index is 2.32. The van der Waals surface area contributed by atoms with Crippen molar-refractivity contribution in [2.45, 2.75) is 23.8 Å². The molecule has 126 valence electrons. The van der Waals surface area contributed by atoms with Crippen molar-refractivity contribution in [3.05, 3.63) is 17.3 Å². The highest BCUT2D eigenvalue weighted by Crippen LogP contribution is 2.61. The van der Waals surface area contributed by atoms with Crippen LogP contribution in [-0.4, -0.2) is 69.5 Å². The Morgan fingerprint density at radius 2 is 2.13 bits per heavy atom. The largest absolute Gasteiger partial charge is 0.394 e. The van der Waals surface area contributed by atoms with E-state index in [2.05, 4.69) is 15.0 Å². The van der Waals surface area contributed by atoms with Crippen LogP contribution in [0.3, 0.4) is 0 Å². The van der Waals surface area contributed by atoms with E-state index < -0.39 is 38.0 Å². The standard InChI is InChI=1S/C10H13N4O7PS/c15-1-4-6(16)7(17)10(21-4,22(18,19)20)14-3-13-5-8(14)11-2-12-9(5)23/h2-4,6-7,15-17H,1H2,(H,11,12,23)(H2,18,19,20)/t4-,6-,7-,10?/m1/s1. The number of aliphatic hydroxyl groups excluding tert-OH is 3. The van der Waals surface area contributed by atoms with Crippen LogP contribution < -0.4 is 0 Å². The van der Waals surface area contributed by atoms with Crippen molar-refractivity contribution < 1.29 is 34.4 Å². The second kappa shape index (κ2) is 5.40. The summed E-state index contributed by atoms with van der Waals surface area (Å²) in [4.78, 5) is 29.9. The summed E-state index contributed by atoms with van der Waals surface area (Å²) in [5.41, 5.74) is -2.49. The van der Waals surface area contributed by atoms with E-state index in [1.807, 2.05) is 0 Å². The molecule has 1 aliphatic rings. The fraction of sp³-hybridized carbons (Fsp3) is 0.500. The Morgan fingerprint density at radius 1 is 1.43 bits per heavy atom. The number of aromatic nitrogens is 4. The molecule has 1 saturated heterocycles. The summed E-state index contributed by atoms with van der Waals surface area (Å²) in [5.74, 6) is 0. The van der Waals surface area contributed by atoms with Crippen molar-refractivity contribution in [3.8, 4) is 0 Å². The quantitative estimate of drug-likeness (QED) is 0.275. The van der Waals surface area contributed by atoms with Gasteiger partial charge in [0.15, 0.2) is 4.64 Å². The maximum absolute atomic E-state index is 12.1. The molecule has 0 spiro atoms. The average Bonchev–Trinajstić information content (AvgIpc) is 3.01. The summed E-state index contributed by atoms with van der Waals surface area (Å²) in [6.45, 7) is -0.746. The zero-order valence-corrected chi connectivity index (χ0v) is 13.1. The van der Waals surface area contributed by atoms with Crippen LogP contribution in [0.1, 0.15) is 0 Å². The molecule has 1 unspecified atom stereocenters. The summed E-state index contributed by atoms with van der Waals surface area (Å²) in [6, 6.07) is 0. The van der Waals surface area contributed by atoms with Crippen molar-refractivity contribution in [2.75, 3.05) is 6.61 Å². The smallest absolute Gasteiger partial charge is 0.381 e. The van der Waals surface area contributed by atoms with Gasteiger partial charge in [-0.2, -0.15) is 0 Å². The first kappa shape index (κ1) is 16.6. The van der Waals surface area contributed by atoms with E-state index in [1.165, 1.54) is 6.33 Å². The molecule has 0 aromatic carbocycles. The highest BCUT2D eigenvalue weighted by molar-refractivity contribution is 7.71. The first-order valence-corrected chi connectivity index (χ1v) is 8.37. The second-order valence-electron chi connectivity index (χ2n) is 5.00. The lowest BCUT2D eigenvalue weighted by molar-refractivity contribution is -0.0985. The number of fused-ring (bicyclic) bond motifs is 1. The molecule has 11 nitrogen and oxygen atoms in total. The van der Waals surface area contributed by atoms with Crippen LogP contribution >= 0.6 is 19.8 Å². The Bertz CT molecular complexity index is 849. The van der Waals surface area contributed by atoms with E-state index in [-0.39, 0.29) is 15.8 Å². The minimum Gasteiger partial charge on any atom is -0.394 e. The third kappa shape index (κ3) is 2.19. The molecule has 0 bridgehead atoms. The Kier molecular flexibility index (Phi) is 3.90. The van der Waals surface area contributed by atoms with Gasteiger partial charge in [0, 0.05) is 0 Å². The van der Waals surface area contributed by atoms with Gasteiger partial charge in [-0.1, -0.05) is 12.2 Å². The number of hydrogen-bond acceptors (Lipinski definition) is 8. The molecule has 0 radical (unpaired) electrons. The predicted octanol–water partition coefficient (Wildman–Crippen LogP) is -1.61. The highest BCUT2D eigenvalue weighted by Gasteiger charge is 2.66. The molecule has 3 rings (SSSR count). The highest BCUT2D eigenvalue weighted by atomic mass is 32.1. The normalized spacial score (nSPS) is 31.8. The van der Waals surface area contributed by atoms with Crippen LogP contribution in [0.5, 0.6) is 0 Å². The van der Waals surface area contributed by atoms with Gasteiger partial charge in [0.2, 0.25) is 0 Å². The van der Waals surface area contributed by atoms with Crippen molar-refractivity contribution in [2.24, 2.45) is 0 Å². The lowest BCUT2D eigenvalue weighted by Gasteiger charge is -2.33. The lowest BCUT2D eigenvalue weighted by Crippen LogP contribution is -2.45. The molecule has 0 amide bonds. The molecule has 0 saturated carbocycles. The number of aliphatic hydroxyl groups is 3. The summed E-state index contributed by atoms with van der Waals surface area (Å²) in [7, 11) is -5.19. The van der Waals surface area contributed by atoms with Crippen LogP contribution in [0.4, 0.5) is 0 Å². The second-order valence-corrected chi connectivity index (χ2v) is 7.11. The Labute approximate surface area is 133 Å². The molecule has 6 N–H and O–H groups in total. The summed E-state index contributed by atoms with van der Waals surface area (Å²) < 4.78 is 18.3. The summed E-state index contributed by atoms with van der Waals surface area (Å²) in [6.07, 6.45) is -2.92. The van der Waals surface area contributed by atoms with E-state index >= 15 is 0 Å². The first-order valence-electron chi connectivity index (χ1n) is 6.35. The van der Waals surface area contributed by atoms with E-state index in [1.54, 1.807) is 0 Å². The molecule has 0 aliphatic carbocycles. The number of rotatable bonds is 3. The summed E-state index contributed by atoms with van der Waals surface area (Å²) in [5, 5.41) is 29.4. The monoisotopic (exact) mass is 364 g/mol. The fourth-order valence-corrected chi connectivity index (χ4v) is 4.02. The number of nitrogens with zero attached hydrogens (tertiary/aromatic N) is 3. The fourth-order valence-electron chi connectivity index (χ4n) is 2.61. The zero-order valence-electron chi connectivity index (χ0n) is 11.3. The molecule has 1 aliphatic heterocycles. The molecule has 13 heteroatoms. The number of ether oxygens (including phenoxy) is 1. The number of hydrogen-bond donors (Lipinski definition) is 6. The molecule has 3 heterocycles. The lowest BCUT2D eigenvalue weighted by atomic mass is 10.1. The Hall–Kier alpha value is -1.24. The first-order chi connectivity index (χ1) is 10.7. The molecule has 23 heavy (non-hydrogen) atoms. The maximum Gasteiger partial charge on any atom is 0.381 e. The van der Waals surface area contributed by atoms with Gasteiger partial charge in [-0.15, -0.1) is 0 Å². The van der Waals surface area contributed by atoms with Crippen molar-refractivity contribution in [3.63, 3.8) is 0 Å². The van der Waals surface area contributed by atoms with E-state index in [9.17, 15) is 29.7 Å². The van der Waals surface area contributed by atoms with Crippen LogP contribution in [0, 0.1) is 4.64 Å². The minimum atomic E-state index is -5.19. The maximum atomic E-state index is 12.1. The molecular formula is C10H13N4O7PS. The van der Waals surface area contributed by atoms with Crippen LogP contribution in [0.2, 0.25) is 0 Å². The van der Waals surface area contributed by atoms with Crippen molar-refractivity contribution >= 4 is 31.0 Å². The SMILES string of the molecule is O=P(O)(O)C1(n2cnc3c(=S)nc[nH]c32)O[C@H](CO)[C@@H](O)[C@H]1O. The number of nitrogens with one attached hydrogen (secondary N) is 1. The van der Waals surface area contributed by atoms with Gasteiger partial charge in [0.05, 0.1) is 12.9 Å². The minimum absolute atomic E-state index is 0.0400. The van der Waals surface area contributed by atoms with Gasteiger partial charge in [-0.05, 0) is 0 Å². The molecular weight excluding hydrogens is 351 g/mol. The van der Waals surface area contributed by atoms with Gasteiger partial charge >= 0.3 is 7.60 Å². The number of imidazole rings is 1. The van der Waals surface area contributed by atoms with Gasteiger partial charge < -0.3 is 34.8 Å². The zero-order chi connectivity index (χ0) is 17.0. The van der Waals surface area contributed by atoms with Crippen molar-refractivity contribution in [1.82, 2.24) is 19.5 Å². The van der Waals surface area contributed by atoms with Crippen molar-refractivity contribution in [1.29, 1.82) is 0 Å². The van der Waals surface area contributed by atoms with Crippen LogP contribution in [-0.2, 0) is 14.8 Å². The molecule has 2 aromatic heterocycles. The average molecular weight is 364 g/mol. The number of H-pyrrole nitrogens is 1. The molecule has 2 aromatic rings. The third-order valence-corrected chi connectivity index (χ3v) is 5.43. The van der Waals surface area contributed by atoms with Gasteiger partial charge in [-0.25, -0.2) is 9.97 Å². The Morgan fingerprint density at radius 3 is 2.70 bits per heavy atom. The summed E-state index contributed by atoms with van der Waals surface area (Å²) >= 11 is 4.98. The topological polar surface area (TPSA) is 174 Å². The van der Waals surface area contributed by atoms with E-state index in [0.717, 1.165) is 10.9 Å². The number of aromatic amines is 1. The van der Waals surface area contributed by atoms with Crippen LogP contribution in [0.25, 0.3) is 11.2 Å². The van der Waals surface area contributed by atoms with Crippen LogP contribution in [0.15, 0.2) is 12.7 Å². The van der Waals surface area contributed by atoms with Gasteiger partial charge in [0.1, 0.15) is 35.8 Å². The molecule has 1 fully saturated rings. The van der Waals surface area contributed by atoms with Gasteiger partial charge in [-0.3, -0.25) is 9.13 Å². The molecule has 4 atom stereocenters. The van der Waals surface area contributed by atoms with E-state index in [0.29, 0.717) is 0 Å². The van der Waals surface area contributed by atoms with Gasteiger partial charge in [0.25, 0.3) is 5.47 Å².